The van der Waals surface area contributed by atoms with Crippen molar-refractivity contribution in [2.24, 2.45) is 29.4 Å². The van der Waals surface area contributed by atoms with Crippen LogP contribution in [0.1, 0.15) is 52.9 Å². The van der Waals surface area contributed by atoms with E-state index in [1.807, 2.05) is 6.92 Å². The molecule has 4 atom stereocenters. The summed E-state index contributed by atoms with van der Waals surface area (Å²) in [5.41, 5.74) is 5.52. The fraction of sp³-hybridized carbons (Fsp3) is 0.867. The topological polar surface area (TPSA) is 72.2 Å². The van der Waals surface area contributed by atoms with Gasteiger partial charge in [-0.25, -0.2) is 0 Å². The molecule has 1 saturated carbocycles. The lowest BCUT2D eigenvalue weighted by atomic mass is 9.82. The average molecular weight is 268 g/mol. The monoisotopic (exact) mass is 268 g/mol. The van der Waals surface area contributed by atoms with E-state index in [1.165, 1.54) is 6.42 Å². The Bertz CT molecular complexity index is 317. The summed E-state index contributed by atoms with van der Waals surface area (Å²) in [7, 11) is 0. The van der Waals surface area contributed by atoms with Crippen molar-refractivity contribution in [1.82, 2.24) is 5.32 Å². The van der Waals surface area contributed by atoms with Crippen LogP contribution in [0.25, 0.3) is 0 Å². The van der Waals surface area contributed by atoms with E-state index < -0.39 is 0 Å². The number of hydrogen-bond acceptors (Lipinski definition) is 2. The van der Waals surface area contributed by atoms with Crippen LogP contribution in [-0.4, -0.2) is 18.4 Å². The van der Waals surface area contributed by atoms with Gasteiger partial charge in [0.05, 0.1) is 0 Å². The first-order valence-electron chi connectivity index (χ1n) is 7.58. The first-order chi connectivity index (χ1) is 9.01. The summed E-state index contributed by atoms with van der Waals surface area (Å²) in [5, 5.41) is 2.86. The zero-order valence-corrected chi connectivity index (χ0v) is 12.4. The minimum atomic E-state index is -0.321. The highest BCUT2D eigenvalue weighted by Gasteiger charge is 2.40. The van der Waals surface area contributed by atoms with Gasteiger partial charge in [-0.15, -0.1) is 0 Å². The van der Waals surface area contributed by atoms with E-state index in [9.17, 15) is 9.59 Å². The number of primary amides is 1. The summed E-state index contributed by atoms with van der Waals surface area (Å²) in [6.45, 7) is 6.79. The zero-order chi connectivity index (χ0) is 14.4. The van der Waals surface area contributed by atoms with Crippen molar-refractivity contribution in [3.05, 3.63) is 0 Å². The van der Waals surface area contributed by atoms with Gasteiger partial charge in [-0.2, -0.15) is 0 Å². The number of nitrogens with one attached hydrogen (secondary N) is 1. The lowest BCUT2D eigenvalue weighted by Gasteiger charge is -2.24. The van der Waals surface area contributed by atoms with Gasteiger partial charge in [0.25, 0.3) is 0 Å². The van der Waals surface area contributed by atoms with Crippen LogP contribution in [0, 0.1) is 23.7 Å². The third-order valence-electron chi connectivity index (χ3n) is 4.24. The molecule has 4 heteroatoms. The number of amides is 2. The Kier molecular flexibility index (Phi) is 6.32. The standard InChI is InChI=1S/C15H28N2O2/c1-4-6-7-12(14(16)18)13(15(19)17-5-2)9-11-8-10(11)3/h10-13H,4-9H2,1-3H3,(H2,16,18)(H,17,19)/t10?,11?,12-,13?/m0/s1. The van der Waals surface area contributed by atoms with E-state index in [1.54, 1.807) is 0 Å². The molecular weight excluding hydrogens is 240 g/mol. The van der Waals surface area contributed by atoms with Gasteiger partial charge in [0.1, 0.15) is 0 Å². The third kappa shape index (κ3) is 4.84. The molecule has 0 aliphatic heterocycles. The SMILES string of the molecule is CCCC[C@H](C(N)=O)C(CC1CC1C)C(=O)NCC. The second-order valence-electron chi connectivity index (χ2n) is 5.86. The second-order valence-corrected chi connectivity index (χ2v) is 5.86. The lowest BCUT2D eigenvalue weighted by molar-refractivity contribution is -0.134. The number of carbonyl (C=O) groups is 2. The highest BCUT2D eigenvalue weighted by atomic mass is 16.2. The van der Waals surface area contributed by atoms with Crippen molar-refractivity contribution in [3.8, 4) is 0 Å². The zero-order valence-electron chi connectivity index (χ0n) is 12.4. The van der Waals surface area contributed by atoms with Crippen molar-refractivity contribution in [1.29, 1.82) is 0 Å². The van der Waals surface area contributed by atoms with Gasteiger partial charge in [-0.1, -0.05) is 26.7 Å². The first kappa shape index (κ1) is 16.0. The van der Waals surface area contributed by atoms with Crippen molar-refractivity contribution in [3.63, 3.8) is 0 Å². The molecule has 1 aliphatic carbocycles. The number of hydrogen-bond donors (Lipinski definition) is 2. The molecule has 0 aromatic heterocycles. The van der Waals surface area contributed by atoms with E-state index in [2.05, 4.69) is 19.2 Å². The van der Waals surface area contributed by atoms with Gasteiger partial charge in [-0.3, -0.25) is 9.59 Å². The quantitative estimate of drug-likeness (QED) is 0.672. The van der Waals surface area contributed by atoms with Crippen LogP contribution < -0.4 is 11.1 Å². The van der Waals surface area contributed by atoms with E-state index in [4.69, 9.17) is 5.73 Å². The molecule has 0 bridgehead atoms. The second kappa shape index (κ2) is 7.51. The number of nitrogens with two attached hydrogens (primary N) is 1. The molecule has 3 N–H and O–H groups in total. The van der Waals surface area contributed by atoms with Gasteiger partial charge in [-0.05, 0) is 38.0 Å². The summed E-state index contributed by atoms with van der Waals surface area (Å²) in [4.78, 5) is 23.9. The summed E-state index contributed by atoms with van der Waals surface area (Å²) < 4.78 is 0. The van der Waals surface area contributed by atoms with Crippen molar-refractivity contribution in [2.45, 2.75) is 52.9 Å². The first-order valence-corrected chi connectivity index (χ1v) is 7.58. The third-order valence-corrected chi connectivity index (χ3v) is 4.24. The van der Waals surface area contributed by atoms with E-state index in [0.717, 1.165) is 25.7 Å². The fourth-order valence-corrected chi connectivity index (χ4v) is 2.78. The Morgan fingerprint density at radius 1 is 1.32 bits per heavy atom. The van der Waals surface area contributed by atoms with Crippen LogP contribution in [-0.2, 0) is 9.59 Å². The maximum atomic E-state index is 12.2. The van der Waals surface area contributed by atoms with Gasteiger partial charge in [0, 0.05) is 18.4 Å². The molecule has 1 rings (SSSR count). The maximum absolute atomic E-state index is 12.2. The van der Waals surface area contributed by atoms with Crippen LogP contribution in [0.15, 0.2) is 0 Å². The van der Waals surface area contributed by atoms with Gasteiger partial charge in [0.15, 0.2) is 0 Å². The Morgan fingerprint density at radius 2 is 1.95 bits per heavy atom. The normalized spacial score (nSPS) is 24.6. The van der Waals surface area contributed by atoms with E-state index in [-0.39, 0.29) is 23.7 Å². The number of rotatable bonds is 9. The molecule has 4 nitrogen and oxygen atoms in total. The van der Waals surface area contributed by atoms with Crippen LogP contribution in [0.4, 0.5) is 0 Å². The van der Waals surface area contributed by atoms with Gasteiger partial charge < -0.3 is 11.1 Å². The predicted octanol–water partition coefficient (Wildman–Crippen LogP) is 2.08. The highest BCUT2D eigenvalue weighted by molar-refractivity contribution is 5.86. The van der Waals surface area contributed by atoms with Crippen LogP contribution in [0.2, 0.25) is 0 Å². The molecule has 19 heavy (non-hydrogen) atoms. The largest absolute Gasteiger partial charge is 0.369 e. The minimum absolute atomic E-state index is 0.00139. The summed E-state index contributed by atoms with van der Waals surface area (Å²) in [6, 6.07) is 0. The molecule has 0 spiro atoms. The number of carbonyl (C=O) groups excluding carboxylic acids is 2. The Labute approximate surface area is 116 Å². The van der Waals surface area contributed by atoms with Crippen LogP contribution >= 0.6 is 0 Å². The molecule has 0 saturated heterocycles. The smallest absolute Gasteiger partial charge is 0.223 e. The highest BCUT2D eigenvalue weighted by Crippen LogP contribution is 2.44. The Morgan fingerprint density at radius 3 is 2.37 bits per heavy atom. The molecule has 1 fully saturated rings. The fourth-order valence-electron chi connectivity index (χ4n) is 2.78. The lowest BCUT2D eigenvalue weighted by Crippen LogP contribution is -2.40. The molecule has 0 heterocycles. The summed E-state index contributed by atoms with van der Waals surface area (Å²) in [5.74, 6) is 0.422. The van der Waals surface area contributed by atoms with Crippen LogP contribution in [0.5, 0.6) is 0 Å². The van der Waals surface area contributed by atoms with E-state index >= 15 is 0 Å². The Hall–Kier alpha value is -1.06. The molecule has 0 aromatic carbocycles. The molecule has 1 aliphatic rings. The predicted molar refractivity (Wildman–Crippen MR) is 76.3 cm³/mol. The number of unbranched alkanes of at least 4 members (excludes halogenated alkanes) is 1. The minimum Gasteiger partial charge on any atom is -0.369 e. The van der Waals surface area contributed by atoms with Gasteiger partial charge in [0.2, 0.25) is 11.8 Å². The summed E-state index contributed by atoms with van der Waals surface area (Å²) >= 11 is 0. The van der Waals surface area contributed by atoms with Gasteiger partial charge >= 0.3 is 0 Å². The van der Waals surface area contributed by atoms with E-state index in [0.29, 0.717) is 18.4 Å². The molecule has 110 valence electrons. The average Bonchev–Trinajstić information content (AvgIpc) is 3.04. The van der Waals surface area contributed by atoms with Crippen molar-refractivity contribution < 1.29 is 9.59 Å². The van der Waals surface area contributed by atoms with Crippen molar-refractivity contribution >= 4 is 11.8 Å². The summed E-state index contributed by atoms with van der Waals surface area (Å²) in [6.07, 6.45) is 4.68. The molecule has 0 radical (unpaired) electrons. The molecule has 0 aromatic rings. The van der Waals surface area contributed by atoms with Crippen LogP contribution in [0.3, 0.4) is 0 Å². The molecule has 2 amide bonds. The maximum Gasteiger partial charge on any atom is 0.223 e. The van der Waals surface area contributed by atoms with Crippen molar-refractivity contribution in [2.75, 3.05) is 6.54 Å². The molecule has 3 unspecified atom stereocenters. The molecular formula is C15H28N2O2. The Balaban J connectivity index is 2.71.